The first-order valence-electron chi connectivity index (χ1n) is 9.57. The Bertz CT molecular complexity index is 1020. The molecule has 0 bridgehead atoms. The maximum absolute atomic E-state index is 12.7. The average Bonchev–Trinajstić information content (AvgIpc) is 3.27. The number of hydrogen-bond donors (Lipinski definition) is 5. The lowest BCUT2D eigenvalue weighted by Crippen LogP contribution is -2.57. The van der Waals surface area contributed by atoms with E-state index >= 15 is 0 Å². The summed E-state index contributed by atoms with van der Waals surface area (Å²) in [6.07, 6.45) is -2.10. The molecule has 1 fully saturated rings. The van der Waals surface area contributed by atoms with E-state index in [1.165, 1.54) is 24.1 Å². The van der Waals surface area contributed by atoms with E-state index in [0.717, 1.165) is 0 Å². The predicted octanol–water partition coefficient (Wildman–Crippen LogP) is -1.16. The summed E-state index contributed by atoms with van der Waals surface area (Å²) in [5.41, 5.74) is 6.40. The van der Waals surface area contributed by atoms with Crippen LogP contribution in [0, 0.1) is 4.91 Å². The highest BCUT2D eigenvalue weighted by Gasteiger charge is 2.45. The van der Waals surface area contributed by atoms with E-state index in [1.807, 2.05) is 0 Å². The van der Waals surface area contributed by atoms with Crippen molar-refractivity contribution in [3.05, 3.63) is 17.6 Å². The zero-order valence-corrected chi connectivity index (χ0v) is 18.3. The van der Waals surface area contributed by atoms with Crippen LogP contribution in [0.15, 0.2) is 17.2 Å². The molecule has 1 aliphatic rings. The van der Waals surface area contributed by atoms with Crippen molar-refractivity contribution in [2.24, 2.45) is 4.58 Å². The van der Waals surface area contributed by atoms with E-state index in [2.05, 4.69) is 30.2 Å². The summed E-state index contributed by atoms with van der Waals surface area (Å²) < 4.78 is 8.90. The molecule has 2 amide bonds. The number of carbonyl (C=O) groups is 2. The van der Waals surface area contributed by atoms with Crippen molar-refractivity contribution in [2.75, 3.05) is 12.3 Å². The molecule has 0 radical (unpaired) electrons. The van der Waals surface area contributed by atoms with Gasteiger partial charge in [-0.3, -0.25) is 14.2 Å². The summed E-state index contributed by atoms with van der Waals surface area (Å²) in [5.74, 6) is -0.922. The molecule has 0 saturated carbocycles. The van der Waals surface area contributed by atoms with Crippen LogP contribution in [0.4, 0.5) is 5.82 Å². The SMILES string of the molecule is CC(=O)NC(C(=O)NCC1OC(n2cnc3c(N)ncnc32)C(O)C1O)C(C)(C)SN=O. The maximum atomic E-state index is 12.7. The van der Waals surface area contributed by atoms with Gasteiger partial charge in [0.05, 0.1) is 11.1 Å². The molecule has 5 atom stereocenters. The van der Waals surface area contributed by atoms with Crippen LogP contribution >= 0.6 is 11.9 Å². The second-order valence-corrected chi connectivity index (χ2v) is 9.16. The maximum Gasteiger partial charge on any atom is 0.244 e. The third-order valence-corrected chi connectivity index (χ3v) is 5.83. The lowest BCUT2D eigenvalue weighted by atomic mass is 10.0. The van der Waals surface area contributed by atoms with Crippen LogP contribution in [0.25, 0.3) is 11.2 Å². The molecule has 3 heterocycles. The Hall–Kier alpha value is -2.88. The fourth-order valence-corrected chi connectivity index (χ4v) is 3.86. The van der Waals surface area contributed by atoms with Gasteiger partial charge >= 0.3 is 0 Å². The smallest absolute Gasteiger partial charge is 0.244 e. The topological polar surface area (TPSA) is 207 Å². The Morgan fingerprint density at radius 3 is 2.72 bits per heavy atom. The Morgan fingerprint density at radius 1 is 1.34 bits per heavy atom. The van der Waals surface area contributed by atoms with E-state index in [1.54, 1.807) is 13.8 Å². The predicted molar refractivity (Wildman–Crippen MR) is 114 cm³/mol. The lowest BCUT2D eigenvalue weighted by molar-refractivity contribution is -0.129. The van der Waals surface area contributed by atoms with Gasteiger partial charge in [0.15, 0.2) is 17.7 Å². The number of rotatable bonds is 8. The summed E-state index contributed by atoms with van der Waals surface area (Å²) in [6, 6.07) is -1.08. The number of nitroso groups, excluding NO2 is 1. The monoisotopic (exact) mass is 468 g/mol. The molecule has 14 nitrogen and oxygen atoms in total. The average molecular weight is 468 g/mol. The largest absolute Gasteiger partial charge is 0.387 e. The molecule has 5 unspecified atom stereocenters. The summed E-state index contributed by atoms with van der Waals surface area (Å²) >= 11 is 0.613. The Kier molecular flexibility index (Phi) is 6.92. The van der Waals surface area contributed by atoms with Crippen LogP contribution in [0.2, 0.25) is 0 Å². The van der Waals surface area contributed by atoms with E-state index in [0.29, 0.717) is 23.1 Å². The van der Waals surface area contributed by atoms with Crippen LogP contribution in [0.3, 0.4) is 0 Å². The summed E-state index contributed by atoms with van der Waals surface area (Å²) in [7, 11) is 0. The molecule has 3 rings (SSSR count). The molecule has 0 spiro atoms. The molecule has 6 N–H and O–H groups in total. The van der Waals surface area contributed by atoms with Gasteiger partial charge in [-0.2, -0.15) is 0 Å². The highest BCUT2D eigenvalue weighted by molar-refractivity contribution is 7.99. The standard InChI is InChI=1S/C17H24N8O6S/c1-7(26)23-12(17(2,3)32-24-30)15(29)19-4-8-10(27)11(28)16(31-8)25-6-22-9-13(18)20-5-21-14(9)25/h5-6,8,10-12,16,27-28H,4H2,1-3H3,(H,19,29)(H,23,26)(H2,18,20,21). The highest BCUT2D eigenvalue weighted by atomic mass is 32.2. The quantitative estimate of drug-likeness (QED) is 0.231. The number of nitrogen functional groups attached to an aromatic ring is 1. The molecule has 174 valence electrons. The van der Waals surface area contributed by atoms with Crippen molar-refractivity contribution in [1.29, 1.82) is 0 Å². The van der Waals surface area contributed by atoms with Crippen LogP contribution in [0.1, 0.15) is 27.0 Å². The zero-order chi connectivity index (χ0) is 23.6. The van der Waals surface area contributed by atoms with Gasteiger partial charge < -0.3 is 31.3 Å². The molecule has 1 saturated heterocycles. The van der Waals surface area contributed by atoms with Gasteiger partial charge in [0, 0.05) is 30.0 Å². The van der Waals surface area contributed by atoms with Gasteiger partial charge in [0.1, 0.15) is 36.2 Å². The van der Waals surface area contributed by atoms with Crippen molar-refractivity contribution in [3.63, 3.8) is 0 Å². The van der Waals surface area contributed by atoms with Gasteiger partial charge in [-0.1, -0.05) is 0 Å². The van der Waals surface area contributed by atoms with Gasteiger partial charge in [-0.05, 0) is 13.8 Å². The Labute approximate surface area is 186 Å². The summed E-state index contributed by atoms with van der Waals surface area (Å²) in [4.78, 5) is 47.0. The van der Waals surface area contributed by atoms with Gasteiger partial charge in [-0.25, -0.2) is 15.0 Å². The number of anilines is 1. The first-order chi connectivity index (χ1) is 15.1. The van der Waals surface area contributed by atoms with Crippen LogP contribution in [-0.4, -0.2) is 77.2 Å². The lowest BCUT2D eigenvalue weighted by Gasteiger charge is -2.30. The van der Waals surface area contributed by atoms with Crippen molar-refractivity contribution in [1.82, 2.24) is 30.2 Å². The van der Waals surface area contributed by atoms with Crippen molar-refractivity contribution in [2.45, 2.75) is 56.1 Å². The van der Waals surface area contributed by atoms with Crippen molar-refractivity contribution in [3.8, 4) is 0 Å². The second kappa shape index (κ2) is 9.32. The summed E-state index contributed by atoms with van der Waals surface area (Å²) in [6.45, 7) is 4.23. The first kappa shape index (κ1) is 23.8. The van der Waals surface area contributed by atoms with Crippen LogP contribution in [-0.2, 0) is 14.3 Å². The van der Waals surface area contributed by atoms with Crippen LogP contribution in [0.5, 0.6) is 0 Å². The van der Waals surface area contributed by atoms with Gasteiger partial charge in [-0.15, -0.1) is 4.91 Å². The minimum Gasteiger partial charge on any atom is -0.387 e. The number of hydrogen-bond acceptors (Lipinski definition) is 12. The normalized spacial score (nSPS) is 24.3. The number of fused-ring (bicyclic) bond motifs is 1. The van der Waals surface area contributed by atoms with E-state index < -0.39 is 47.1 Å². The molecule has 1 aliphatic heterocycles. The Balaban J connectivity index is 1.72. The van der Waals surface area contributed by atoms with Crippen molar-refractivity contribution < 1.29 is 24.5 Å². The molecule has 0 aliphatic carbocycles. The number of nitrogens with zero attached hydrogens (tertiary/aromatic N) is 5. The number of aromatic nitrogens is 4. The fourth-order valence-electron chi connectivity index (χ4n) is 3.39. The Morgan fingerprint density at radius 2 is 2.06 bits per heavy atom. The minimum absolute atomic E-state index is 0.153. The fraction of sp³-hybridized carbons (Fsp3) is 0.588. The highest BCUT2D eigenvalue weighted by Crippen LogP contribution is 2.32. The van der Waals surface area contributed by atoms with E-state index in [4.69, 9.17) is 10.5 Å². The van der Waals surface area contributed by atoms with Crippen LogP contribution < -0.4 is 16.4 Å². The number of aliphatic hydroxyl groups excluding tert-OH is 2. The number of nitrogens with two attached hydrogens (primary N) is 1. The molecule has 15 heteroatoms. The second-order valence-electron chi connectivity index (χ2n) is 7.78. The van der Waals surface area contributed by atoms with Gasteiger partial charge in [0.25, 0.3) is 0 Å². The zero-order valence-electron chi connectivity index (χ0n) is 17.5. The number of carbonyl (C=O) groups excluding carboxylic acids is 2. The van der Waals surface area contributed by atoms with E-state index in [9.17, 15) is 24.7 Å². The van der Waals surface area contributed by atoms with E-state index in [-0.39, 0.29) is 12.4 Å². The molecule has 32 heavy (non-hydrogen) atoms. The number of amides is 2. The number of aliphatic hydroxyl groups is 2. The number of imidazole rings is 1. The molecular weight excluding hydrogens is 444 g/mol. The third-order valence-electron chi connectivity index (χ3n) is 5.05. The molecular formula is C17H24N8O6S. The van der Waals surface area contributed by atoms with Gasteiger partial charge in [0.2, 0.25) is 11.8 Å². The first-order valence-corrected chi connectivity index (χ1v) is 10.3. The third kappa shape index (κ3) is 4.64. The molecule has 2 aromatic rings. The minimum atomic E-state index is -1.34. The summed E-state index contributed by atoms with van der Waals surface area (Å²) in [5, 5.41) is 26.0. The van der Waals surface area contributed by atoms with Crippen molar-refractivity contribution >= 4 is 40.7 Å². The number of nitrogens with one attached hydrogen (secondary N) is 2. The number of ether oxygens (including phenoxy) is 1. The molecule has 0 aromatic carbocycles. The molecule has 2 aromatic heterocycles.